The van der Waals surface area contributed by atoms with Crippen molar-refractivity contribution in [2.45, 2.75) is 0 Å². The number of para-hydroxylation sites is 2. The van der Waals surface area contributed by atoms with Crippen LogP contribution in [0.2, 0.25) is 0 Å². The first-order valence-electron chi connectivity index (χ1n) is 6.90. The molecule has 0 aromatic heterocycles. The molecule has 3 rings (SSSR count). The zero-order chi connectivity index (χ0) is 16.6. The Kier molecular flexibility index (Phi) is 3.94. The summed E-state index contributed by atoms with van der Waals surface area (Å²) in [5, 5.41) is 19.5. The maximum atomic E-state index is 12.8. The average Bonchev–Trinajstić information content (AvgIpc) is 2.76. The number of carbonyl (C=O) groups is 1. The number of rotatable bonds is 2. The van der Waals surface area contributed by atoms with Crippen LogP contribution in [0.1, 0.15) is 5.56 Å². The number of phenols is 2. The number of hydrogen-bond donors (Lipinski definition) is 2. The van der Waals surface area contributed by atoms with Gasteiger partial charge in [-0.2, -0.15) is 0 Å². The van der Waals surface area contributed by atoms with Gasteiger partial charge in [0, 0.05) is 0 Å². The van der Waals surface area contributed by atoms with E-state index in [2.05, 4.69) is 15.6 Å². The third-order valence-corrected chi connectivity index (χ3v) is 4.57. The van der Waals surface area contributed by atoms with Crippen LogP contribution < -0.4 is 4.90 Å². The first-order valence-corrected chi connectivity index (χ1v) is 7.76. The molecule has 0 unspecified atom stereocenters. The van der Waals surface area contributed by atoms with Crippen LogP contribution in [0.5, 0.6) is 11.5 Å². The number of benzene rings is 2. The summed E-state index contributed by atoms with van der Waals surface area (Å²) in [4.78, 5) is 16.0. The van der Waals surface area contributed by atoms with Gasteiger partial charge in [0.2, 0.25) is 0 Å². The summed E-state index contributed by atoms with van der Waals surface area (Å²) < 4.78 is 0.645. The minimum atomic E-state index is -0.249. The van der Waals surface area contributed by atoms with Crippen molar-refractivity contribution in [1.29, 1.82) is 0 Å². The van der Waals surface area contributed by atoms with Crippen LogP contribution in [0.3, 0.4) is 0 Å². The van der Waals surface area contributed by atoms with E-state index in [4.69, 9.17) is 0 Å². The van der Waals surface area contributed by atoms with E-state index in [1.165, 1.54) is 6.07 Å². The van der Waals surface area contributed by atoms with Gasteiger partial charge in [-0.25, -0.2) is 0 Å². The van der Waals surface area contributed by atoms with E-state index in [1.54, 1.807) is 35.1 Å². The van der Waals surface area contributed by atoms with Crippen LogP contribution in [0.25, 0.3) is 6.08 Å². The fourth-order valence-electron chi connectivity index (χ4n) is 2.37. The predicted octanol–water partition coefficient (Wildman–Crippen LogP) is 1.67. The molecule has 2 aromatic rings. The standard InChI is InChI=1S/C17H14N2O3Se/c1-18-13(10-11-6-5-9-14(20)15(11)21)16(22)19(17(18)23)12-7-3-2-4-8-12/h2-10,20-21H,1H3. The van der Waals surface area contributed by atoms with Crippen LogP contribution in [0.4, 0.5) is 5.69 Å². The van der Waals surface area contributed by atoms with Crippen molar-refractivity contribution in [2.75, 3.05) is 11.9 Å². The molecule has 0 atom stereocenters. The maximum absolute atomic E-state index is 12.8. The number of carbonyl (C=O) groups excluding carboxylic acids is 1. The zero-order valence-corrected chi connectivity index (χ0v) is 14.0. The van der Waals surface area contributed by atoms with Gasteiger partial charge in [-0.05, 0) is 0 Å². The fraction of sp³-hybridized carbons (Fsp3) is 0.0588. The van der Waals surface area contributed by atoms with E-state index >= 15 is 0 Å². The molecule has 6 heteroatoms. The van der Waals surface area contributed by atoms with Gasteiger partial charge in [-0.3, -0.25) is 0 Å². The normalized spacial score (nSPS) is 16.5. The molecule has 1 aliphatic heterocycles. The molecule has 1 saturated heterocycles. The van der Waals surface area contributed by atoms with Crippen molar-refractivity contribution in [3.05, 3.63) is 59.8 Å². The Morgan fingerprint density at radius 3 is 2.43 bits per heavy atom. The van der Waals surface area contributed by atoms with E-state index in [1.807, 2.05) is 30.3 Å². The van der Waals surface area contributed by atoms with Gasteiger partial charge >= 0.3 is 141 Å². The van der Waals surface area contributed by atoms with Crippen molar-refractivity contribution in [3.8, 4) is 11.5 Å². The van der Waals surface area contributed by atoms with Gasteiger partial charge < -0.3 is 0 Å². The second-order valence-corrected chi connectivity index (χ2v) is 5.83. The van der Waals surface area contributed by atoms with Crippen molar-refractivity contribution < 1.29 is 15.0 Å². The minimum absolute atomic E-state index is 0.213. The number of aromatic hydroxyl groups is 2. The van der Waals surface area contributed by atoms with Crippen LogP contribution in [-0.2, 0) is 4.79 Å². The Hall–Kier alpha value is -2.56. The molecular formula is C17H14N2O3Se. The molecule has 5 nitrogen and oxygen atoms in total. The summed E-state index contributed by atoms with van der Waals surface area (Å²) in [7, 11) is 1.76. The first-order chi connectivity index (χ1) is 11.0. The molecule has 2 aromatic carbocycles. The van der Waals surface area contributed by atoms with E-state index in [0.29, 0.717) is 15.9 Å². The molecule has 116 valence electrons. The Bertz CT molecular complexity index is 818. The number of nitrogens with zero attached hydrogens (tertiary/aromatic N) is 2. The van der Waals surface area contributed by atoms with Gasteiger partial charge in [0.15, 0.2) is 0 Å². The number of phenolic OH excluding ortho intramolecular Hbond substituents is 2. The fourth-order valence-corrected chi connectivity index (χ4v) is 2.98. The Morgan fingerprint density at radius 1 is 1.04 bits per heavy atom. The molecule has 2 N–H and O–H groups in total. The van der Waals surface area contributed by atoms with Gasteiger partial charge in [0.05, 0.1) is 0 Å². The molecular weight excluding hydrogens is 359 g/mol. The van der Waals surface area contributed by atoms with E-state index < -0.39 is 0 Å². The molecule has 1 aliphatic rings. The van der Waals surface area contributed by atoms with Crippen molar-refractivity contribution in [2.24, 2.45) is 0 Å². The van der Waals surface area contributed by atoms with Crippen molar-refractivity contribution in [3.63, 3.8) is 0 Å². The number of hydrogen-bond acceptors (Lipinski definition) is 4. The Balaban J connectivity index is 2.04. The second kappa shape index (κ2) is 5.91. The van der Waals surface area contributed by atoms with Crippen molar-refractivity contribution >= 4 is 37.9 Å². The number of likely N-dealkylation sites (N-methyl/N-ethyl adjacent to an activating group) is 1. The Morgan fingerprint density at radius 2 is 1.74 bits per heavy atom. The predicted molar refractivity (Wildman–Crippen MR) is 90.2 cm³/mol. The summed E-state index contributed by atoms with van der Waals surface area (Å²) >= 11 is 2.90. The third-order valence-electron chi connectivity index (χ3n) is 3.61. The van der Waals surface area contributed by atoms with E-state index in [0.717, 1.165) is 5.69 Å². The molecule has 1 fully saturated rings. The van der Waals surface area contributed by atoms with Crippen LogP contribution >= 0.6 is 0 Å². The van der Waals surface area contributed by atoms with E-state index in [-0.39, 0.29) is 17.4 Å². The van der Waals surface area contributed by atoms with Crippen molar-refractivity contribution in [1.82, 2.24) is 4.90 Å². The third kappa shape index (κ3) is 2.63. The molecule has 1 amide bonds. The number of anilines is 1. The van der Waals surface area contributed by atoms with Crippen LogP contribution in [0.15, 0.2) is 54.2 Å². The van der Waals surface area contributed by atoms with Gasteiger partial charge in [0.1, 0.15) is 0 Å². The van der Waals surface area contributed by atoms with Crippen LogP contribution in [-0.4, -0.2) is 48.3 Å². The summed E-state index contributed by atoms with van der Waals surface area (Å²) in [5.74, 6) is -0.684. The summed E-state index contributed by atoms with van der Waals surface area (Å²) in [6.07, 6.45) is 1.55. The van der Waals surface area contributed by atoms with Crippen LogP contribution in [0, 0.1) is 0 Å². The van der Waals surface area contributed by atoms with Gasteiger partial charge in [-0.1, -0.05) is 0 Å². The first kappa shape index (κ1) is 15.3. The molecule has 1 heterocycles. The average molecular weight is 373 g/mol. The Labute approximate surface area is 141 Å². The monoisotopic (exact) mass is 374 g/mol. The second-order valence-electron chi connectivity index (χ2n) is 5.06. The van der Waals surface area contributed by atoms with Gasteiger partial charge in [-0.15, -0.1) is 0 Å². The molecule has 0 spiro atoms. The summed E-state index contributed by atoms with van der Waals surface area (Å²) in [6.45, 7) is 0. The van der Waals surface area contributed by atoms with E-state index in [9.17, 15) is 15.0 Å². The van der Waals surface area contributed by atoms with Gasteiger partial charge in [0.25, 0.3) is 0 Å². The molecule has 0 saturated carbocycles. The molecule has 0 radical (unpaired) electrons. The zero-order valence-electron chi connectivity index (χ0n) is 12.3. The summed E-state index contributed by atoms with van der Waals surface area (Å²) in [5.41, 5.74) is 1.52. The molecule has 0 bridgehead atoms. The molecule has 23 heavy (non-hydrogen) atoms. The SMILES string of the molecule is CN1C(=[Se])N(c2ccccc2)C(=O)C1=Cc1cccc(O)c1O. The number of amides is 1. The summed E-state index contributed by atoms with van der Waals surface area (Å²) in [6, 6.07) is 13.9. The topological polar surface area (TPSA) is 64.0 Å². The molecule has 0 aliphatic carbocycles. The quantitative estimate of drug-likeness (QED) is 0.478.